The van der Waals surface area contributed by atoms with Crippen LogP contribution < -0.4 is 5.32 Å². The molecule has 1 aliphatic carbocycles. The molecule has 1 N–H and O–H groups in total. The van der Waals surface area contributed by atoms with E-state index in [0.29, 0.717) is 17.2 Å². The van der Waals surface area contributed by atoms with Gasteiger partial charge in [-0.05, 0) is 44.1 Å². The number of hydrogen-bond acceptors (Lipinski definition) is 3. The molecule has 3 nitrogen and oxygen atoms in total. The molecular formula is C12H25NO2S. The zero-order valence-corrected chi connectivity index (χ0v) is 11.6. The van der Waals surface area contributed by atoms with Gasteiger partial charge < -0.3 is 5.32 Å². The third kappa shape index (κ3) is 5.85. The van der Waals surface area contributed by atoms with Gasteiger partial charge in [-0.2, -0.15) is 0 Å². The number of nitrogens with one attached hydrogen (secondary N) is 1. The highest BCUT2D eigenvalue weighted by atomic mass is 32.2. The Morgan fingerprint density at radius 2 is 1.81 bits per heavy atom. The molecule has 0 aromatic carbocycles. The number of hydrogen-bond donors (Lipinski definition) is 1. The molecule has 0 radical (unpaired) electrons. The average molecular weight is 247 g/mol. The second-order valence-electron chi connectivity index (χ2n) is 5.88. The van der Waals surface area contributed by atoms with Gasteiger partial charge in [-0.1, -0.05) is 13.8 Å². The highest BCUT2D eigenvalue weighted by Crippen LogP contribution is 2.34. The van der Waals surface area contributed by atoms with Crippen LogP contribution in [0.25, 0.3) is 0 Å². The highest BCUT2D eigenvalue weighted by molar-refractivity contribution is 7.90. The third-order valence-corrected chi connectivity index (χ3v) is 4.49. The SMILES string of the molecule is CC1(C)CCC(NCCCS(C)(=O)=O)CC1. The maximum absolute atomic E-state index is 10.9. The quantitative estimate of drug-likeness (QED) is 0.756. The van der Waals surface area contributed by atoms with Crippen LogP contribution in [0.4, 0.5) is 0 Å². The molecule has 1 rings (SSSR count). The van der Waals surface area contributed by atoms with Crippen LogP contribution in [-0.4, -0.2) is 33.0 Å². The van der Waals surface area contributed by atoms with Crippen LogP contribution in [0.1, 0.15) is 46.0 Å². The molecule has 0 spiro atoms. The van der Waals surface area contributed by atoms with Crippen LogP contribution in [0.3, 0.4) is 0 Å². The minimum atomic E-state index is -2.79. The average Bonchev–Trinajstić information content (AvgIpc) is 2.13. The number of sulfone groups is 1. The summed E-state index contributed by atoms with van der Waals surface area (Å²) in [6.45, 7) is 5.48. The molecule has 0 aromatic rings. The standard InChI is InChI=1S/C12H25NO2S/c1-12(2)7-5-11(6-8-12)13-9-4-10-16(3,14)15/h11,13H,4-10H2,1-3H3. The third-order valence-electron chi connectivity index (χ3n) is 3.46. The van der Waals surface area contributed by atoms with Gasteiger partial charge >= 0.3 is 0 Å². The zero-order valence-electron chi connectivity index (χ0n) is 10.8. The molecule has 0 unspecified atom stereocenters. The van der Waals surface area contributed by atoms with E-state index in [0.717, 1.165) is 13.0 Å². The molecule has 0 aliphatic heterocycles. The Balaban J connectivity index is 2.11. The van der Waals surface area contributed by atoms with E-state index >= 15 is 0 Å². The number of rotatable bonds is 5. The normalized spacial score (nSPS) is 22.2. The van der Waals surface area contributed by atoms with Crippen molar-refractivity contribution in [3.05, 3.63) is 0 Å². The van der Waals surface area contributed by atoms with Crippen LogP contribution in [0.2, 0.25) is 0 Å². The second kappa shape index (κ2) is 5.50. The molecular weight excluding hydrogens is 222 g/mol. The van der Waals surface area contributed by atoms with Gasteiger partial charge in [-0.15, -0.1) is 0 Å². The largest absolute Gasteiger partial charge is 0.314 e. The van der Waals surface area contributed by atoms with Crippen molar-refractivity contribution < 1.29 is 8.42 Å². The molecule has 1 saturated carbocycles. The van der Waals surface area contributed by atoms with E-state index in [-0.39, 0.29) is 0 Å². The summed E-state index contributed by atoms with van der Waals surface area (Å²) in [5.41, 5.74) is 0.505. The Hall–Kier alpha value is -0.0900. The molecule has 0 saturated heterocycles. The summed E-state index contributed by atoms with van der Waals surface area (Å²) in [4.78, 5) is 0. The molecule has 0 heterocycles. The second-order valence-corrected chi connectivity index (χ2v) is 8.14. The fourth-order valence-electron chi connectivity index (χ4n) is 2.24. The summed E-state index contributed by atoms with van der Waals surface area (Å²) in [6, 6.07) is 0.604. The first kappa shape index (κ1) is 14.0. The Morgan fingerprint density at radius 1 is 1.25 bits per heavy atom. The highest BCUT2D eigenvalue weighted by Gasteiger charge is 2.26. The van der Waals surface area contributed by atoms with E-state index in [1.807, 2.05) is 0 Å². The van der Waals surface area contributed by atoms with Crippen molar-refractivity contribution >= 4 is 9.84 Å². The predicted octanol–water partition coefficient (Wildman–Crippen LogP) is 1.98. The topological polar surface area (TPSA) is 46.2 Å². The summed E-state index contributed by atoms with van der Waals surface area (Å²) >= 11 is 0. The van der Waals surface area contributed by atoms with Gasteiger partial charge in [0.15, 0.2) is 0 Å². The smallest absolute Gasteiger partial charge is 0.147 e. The van der Waals surface area contributed by atoms with Gasteiger partial charge in [0, 0.05) is 12.3 Å². The van der Waals surface area contributed by atoms with Crippen molar-refractivity contribution in [1.29, 1.82) is 0 Å². The van der Waals surface area contributed by atoms with Crippen molar-refractivity contribution in [3.8, 4) is 0 Å². The molecule has 1 aliphatic rings. The Labute approximate surface area is 99.9 Å². The molecule has 0 amide bonds. The van der Waals surface area contributed by atoms with Crippen LogP contribution in [0.15, 0.2) is 0 Å². The van der Waals surface area contributed by atoms with Gasteiger partial charge in [0.05, 0.1) is 5.75 Å². The summed E-state index contributed by atoms with van der Waals surface area (Å²) in [5.74, 6) is 0.304. The Bertz CT molecular complexity index is 299. The summed E-state index contributed by atoms with van der Waals surface area (Å²) in [7, 11) is -2.79. The fourth-order valence-corrected chi connectivity index (χ4v) is 2.91. The van der Waals surface area contributed by atoms with E-state index in [2.05, 4.69) is 19.2 Å². The van der Waals surface area contributed by atoms with Gasteiger partial charge in [-0.25, -0.2) is 8.42 Å². The maximum atomic E-state index is 10.9. The van der Waals surface area contributed by atoms with Gasteiger partial charge in [0.2, 0.25) is 0 Å². The lowest BCUT2D eigenvalue weighted by molar-refractivity contribution is 0.207. The monoisotopic (exact) mass is 247 g/mol. The maximum Gasteiger partial charge on any atom is 0.147 e. The lowest BCUT2D eigenvalue weighted by Crippen LogP contribution is -2.36. The lowest BCUT2D eigenvalue weighted by atomic mass is 9.75. The van der Waals surface area contributed by atoms with E-state index in [9.17, 15) is 8.42 Å². The Kier molecular flexibility index (Phi) is 4.80. The minimum absolute atomic E-state index is 0.304. The molecule has 0 atom stereocenters. The summed E-state index contributed by atoms with van der Waals surface area (Å²) in [5, 5.41) is 3.47. The van der Waals surface area contributed by atoms with Gasteiger partial charge in [-0.3, -0.25) is 0 Å². The first-order valence-corrected chi connectivity index (χ1v) is 8.26. The van der Waals surface area contributed by atoms with E-state index in [1.54, 1.807) is 0 Å². The molecule has 0 bridgehead atoms. The van der Waals surface area contributed by atoms with E-state index in [1.165, 1.54) is 31.9 Å². The molecule has 16 heavy (non-hydrogen) atoms. The van der Waals surface area contributed by atoms with Crippen molar-refractivity contribution in [3.63, 3.8) is 0 Å². The first-order valence-electron chi connectivity index (χ1n) is 6.20. The summed E-state index contributed by atoms with van der Waals surface area (Å²) in [6.07, 6.45) is 7.04. The molecule has 4 heteroatoms. The molecule has 1 fully saturated rings. The van der Waals surface area contributed by atoms with E-state index < -0.39 is 9.84 Å². The fraction of sp³-hybridized carbons (Fsp3) is 1.00. The summed E-state index contributed by atoms with van der Waals surface area (Å²) < 4.78 is 21.9. The van der Waals surface area contributed by atoms with Crippen molar-refractivity contribution in [1.82, 2.24) is 5.32 Å². The first-order chi connectivity index (χ1) is 7.29. The van der Waals surface area contributed by atoms with E-state index in [4.69, 9.17) is 0 Å². The van der Waals surface area contributed by atoms with Crippen LogP contribution in [-0.2, 0) is 9.84 Å². The zero-order chi connectivity index (χ0) is 12.2. The van der Waals surface area contributed by atoms with Crippen LogP contribution in [0, 0.1) is 5.41 Å². The minimum Gasteiger partial charge on any atom is -0.314 e. The lowest BCUT2D eigenvalue weighted by Gasteiger charge is -2.34. The van der Waals surface area contributed by atoms with Gasteiger partial charge in [0.1, 0.15) is 9.84 Å². The van der Waals surface area contributed by atoms with Crippen molar-refractivity contribution in [2.45, 2.75) is 52.0 Å². The van der Waals surface area contributed by atoms with Crippen molar-refractivity contribution in [2.75, 3.05) is 18.6 Å². The molecule has 96 valence electrons. The molecule has 0 aromatic heterocycles. The van der Waals surface area contributed by atoms with Crippen LogP contribution in [0.5, 0.6) is 0 Å². The van der Waals surface area contributed by atoms with Gasteiger partial charge in [0.25, 0.3) is 0 Å². The Morgan fingerprint density at radius 3 is 2.31 bits per heavy atom. The van der Waals surface area contributed by atoms with Crippen LogP contribution >= 0.6 is 0 Å². The predicted molar refractivity (Wildman–Crippen MR) is 68.4 cm³/mol. The van der Waals surface area contributed by atoms with Crippen molar-refractivity contribution in [2.24, 2.45) is 5.41 Å².